The number of carbonyl (C=O) groups is 1. The summed E-state index contributed by atoms with van der Waals surface area (Å²) in [7, 11) is 0. The van der Waals surface area contributed by atoms with Gasteiger partial charge in [-0.05, 0) is 47.1 Å². The molecule has 0 bridgehead atoms. The van der Waals surface area contributed by atoms with Crippen LogP contribution in [0.25, 0.3) is 0 Å². The van der Waals surface area contributed by atoms with Gasteiger partial charge in [0.1, 0.15) is 11.4 Å². The van der Waals surface area contributed by atoms with Crippen molar-refractivity contribution >= 4 is 21.9 Å². The molecule has 0 spiro atoms. The van der Waals surface area contributed by atoms with E-state index in [1.807, 2.05) is 0 Å². The highest BCUT2D eigenvalue weighted by Gasteiger charge is 2.44. The molecule has 0 fully saturated rings. The fourth-order valence-corrected chi connectivity index (χ4v) is 1.85. The molecule has 0 radical (unpaired) electrons. The molecule has 0 unspecified atom stereocenters. The fraction of sp³-hybridized carbons (Fsp3) is 0.214. The van der Waals surface area contributed by atoms with Gasteiger partial charge in [0, 0.05) is 6.20 Å². The van der Waals surface area contributed by atoms with Crippen LogP contribution in [0.2, 0.25) is 0 Å². The van der Waals surface area contributed by atoms with Gasteiger partial charge in [0.25, 0.3) is 0 Å². The van der Waals surface area contributed by atoms with Crippen molar-refractivity contribution in [3.8, 4) is 11.6 Å². The van der Waals surface area contributed by atoms with E-state index in [4.69, 9.17) is 4.74 Å². The molecule has 2 rings (SSSR count). The van der Waals surface area contributed by atoms with E-state index in [0.717, 1.165) is 12.3 Å². The summed E-state index contributed by atoms with van der Waals surface area (Å²) in [4.78, 5) is 18.8. The number of carbonyl (C=O) groups excluding carboxylic acids is 1. The predicted octanol–water partition coefficient (Wildman–Crippen LogP) is 3.69. The first kappa shape index (κ1) is 16.3. The number of alkyl halides is 2. The predicted molar refractivity (Wildman–Crippen MR) is 76.8 cm³/mol. The van der Waals surface area contributed by atoms with E-state index in [0.29, 0.717) is 4.47 Å². The summed E-state index contributed by atoms with van der Waals surface area (Å²) >= 11 is 3.25. The van der Waals surface area contributed by atoms with Gasteiger partial charge in [-0.3, -0.25) is 4.98 Å². The Bertz CT molecular complexity index is 665. The van der Waals surface area contributed by atoms with Crippen molar-refractivity contribution in [1.82, 2.24) is 9.97 Å². The highest BCUT2D eigenvalue weighted by molar-refractivity contribution is 9.10. The summed E-state index contributed by atoms with van der Waals surface area (Å²) in [5.74, 6) is -4.96. The third kappa shape index (κ3) is 3.56. The van der Waals surface area contributed by atoms with Crippen molar-refractivity contribution in [1.29, 1.82) is 0 Å². The molecule has 0 N–H and O–H groups in total. The minimum Gasteiger partial charge on any atom is -0.461 e. The first-order valence-electron chi connectivity index (χ1n) is 6.25. The van der Waals surface area contributed by atoms with Gasteiger partial charge in [-0.1, -0.05) is 0 Å². The smallest absolute Gasteiger partial charge is 0.384 e. The van der Waals surface area contributed by atoms with E-state index in [2.05, 4.69) is 30.6 Å². The highest BCUT2D eigenvalue weighted by atomic mass is 79.9. The first-order valence-corrected chi connectivity index (χ1v) is 7.04. The number of hydrogen-bond acceptors (Lipinski definition) is 5. The zero-order chi connectivity index (χ0) is 16.2. The van der Waals surface area contributed by atoms with Crippen molar-refractivity contribution in [3.63, 3.8) is 0 Å². The summed E-state index contributed by atoms with van der Waals surface area (Å²) in [6.07, 6.45) is 2.61. The number of hydrogen-bond donors (Lipinski definition) is 0. The average Bonchev–Trinajstić information content (AvgIpc) is 2.50. The second-order valence-corrected chi connectivity index (χ2v) is 4.92. The molecule has 0 saturated carbocycles. The van der Waals surface area contributed by atoms with Crippen LogP contribution in [0.5, 0.6) is 11.6 Å². The first-order chi connectivity index (χ1) is 10.4. The van der Waals surface area contributed by atoms with Crippen molar-refractivity contribution in [2.45, 2.75) is 12.8 Å². The second kappa shape index (κ2) is 6.78. The fourth-order valence-electron chi connectivity index (χ4n) is 1.51. The van der Waals surface area contributed by atoms with Crippen LogP contribution in [0.4, 0.5) is 8.78 Å². The standard InChI is InChI=1S/C14H11BrF2N2O3/c1-2-21-13(20)14(16,17)11-6-5-9(8-19-11)22-12-10(15)4-3-7-18-12/h3-8H,2H2,1H3. The number of pyridine rings is 2. The zero-order valence-corrected chi connectivity index (χ0v) is 13.0. The van der Waals surface area contributed by atoms with Crippen LogP contribution >= 0.6 is 15.9 Å². The summed E-state index contributed by atoms with van der Waals surface area (Å²) in [5, 5.41) is 0. The topological polar surface area (TPSA) is 61.3 Å². The molecular formula is C14H11BrF2N2O3. The van der Waals surface area contributed by atoms with Crippen LogP contribution < -0.4 is 4.74 Å². The minimum absolute atomic E-state index is 0.136. The molecule has 0 amide bonds. The average molecular weight is 373 g/mol. The Hall–Kier alpha value is -2.09. The van der Waals surface area contributed by atoms with Gasteiger partial charge in [0.05, 0.1) is 17.3 Å². The van der Waals surface area contributed by atoms with Crippen molar-refractivity contribution in [2.24, 2.45) is 0 Å². The van der Waals surface area contributed by atoms with E-state index in [-0.39, 0.29) is 18.2 Å². The second-order valence-electron chi connectivity index (χ2n) is 4.07. The van der Waals surface area contributed by atoms with Gasteiger partial charge in [0.15, 0.2) is 0 Å². The number of nitrogens with zero attached hydrogens (tertiary/aromatic N) is 2. The van der Waals surface area contributed by atoms with E-state index < -0.39 is 17.6 Å². The lowest BCUT2D eigenvalue weighted by Gasteiger charge is -2.14. The Kier molecular flexibility index (Phi) is 5.02. The molecule has 22 heavy (non-hydrogen) atoms. The Balaban J connectivity index is 2.17. The Morgan fingerprint density at radius 3 is 2.68 bits per heavy atom. The van der Waals surface area contributed by atoms with E-state index >= 15 is 0 Å². The molecular weight excluding hydrogens is 362 g/mol. The van der Waals surface area contributed by atoms with Gasteiger partial charge in [-0.15, -0.1) is 0 Å². The van der Waals surface area contributed by atoms with Crippen molar-refractivity contribution in [2.75, 3.05) is 6.61 Å². The molecule has 8 heteroatoms. The third-order valence-electron chi connectivity index (χ3n) is 2.53. The SMILES string of the molecule is CCOC(=O)C(F)(F)c1ccc(Oc2ncccc2Br)cn1. The van der Waals surface area contributed by atoms with E-state index in [1.54, 1.807) is 12.1 Å². The number of halogens is 3. The van der Waals surface area contributed by atoms with Gasteiger partial charge >= 0.3 is 11.9 Å². The van der Waals surface area contributed by atoms with Gasteiger partial charge in [-0.2, -0.15) is 8.78 Å². The lowest BCUT2D eigenvalue weighted by molar-refractivity contribution is -0.173. The third-order valence-corrected chi connectivity index (χ3v) is 3.13. The molecule has 0 aliphatic rings. The lowest BCUT2D eigenvalue weighted by atomic mass is 10.2. The molecule has 0 aliphatic carbocycles. The van der Waals surface area contributed by atoms with Crippen molar-refractivity contribution < 1.29 is 23.0 Å². The molecule has 2 aromatic rings. The Morgan fingerprint density at radius 2 is 2.09 bits per heavy atom. The normalized spacial score (nSPS) is 11.1. The highest BCUT2D eigenvalue weighted by Crippen LogP contribution is 2.30. The summed E-state index contributed by atoms with van der Waals surface area (Å²) in [6.45, 7) is 1.31. The summed E-state index contributed by atoms with van der Waals surface area (Å²) in [6, 6.07) is 5.71. The lowest BCUT2D eigenvalue weighted by Crippen LogP contribution is -2.29. The van der Waals surface area contributed by atoms with Crippen LogP contribution in [-0.2, 0) is 15.5 Å². The summed E-state index contributed by atoms with van der Waals surface area (Å²) in [5.41, 5.74) is -0.710. The molecule has 2 aromatic heterocycles. The number of aromatic nitrogens is 2. The van der Waals surface area contributed by atoms with Crippen LogP contribution in [0, 0.1) is 0 Å². The van der Waals surface area contributed by atoms with E-state index in [1.165, 1.54) is 19.2 Å². The number of rotatable bonds is 5. The van der Waals surface area contributed by atoms with Crippen LogP contribution in [0.15, 0.2) is 41.1 Å². The zero-order valence-electron chi connectivity index (χ0n) is 11.4. The monoisotopic (exact) mass is 372 g/mol. The Labute approximate surface area is 133 Å². The van der Waals surface area contributed by atoms with E-state index in [9.17, 15) is 13.6 Å². The maximum absolute atomic E-state index is 13.8. The van der Waals surface area contributed by atoms with Gasteiger partial charge < -0.3 is 9.47 Å². The molecule has 0 aliphatic heterocycles. The largest absolute Gasteiger partial charge is 0.461 e. The Morgan fingerprint density at radius 1 is 1.32 bits per heavy atom. The van der Waals surface area contributed by atoms with Crippen molar-refractivity contribution in [3.05, 3.63) is 46.8 Å². The quantitative estimate of drug-likeness (QED) is 0.749. The molecule has 0 atom stereocenters. The number of esters is 1. The summed E-state index contributed by atoms with van der Waals surface area (Å²) < 4.78 is 37.9. The number of ether oxygens (including phenoxy) is 2. The molecule has 2 heterocycles. The maximum atomic E-state index is 13.8. The van der Waals surface area contributed by atoms with Gasteiger partial charge in [0.2, 0.25) is 5.88 Å². The van der Waals surface area contributed by atoms with Crippen LogP contribution in [-0.4, -0.2) is 22.5 Å². The molecule has 0 aromatic carbocycles. The van der Waals surface area contributed by atoms with Crippen LogP contribution in [0.3, 0.4) is 0 Å². The maximum Gasteiger partial charge on any atom is 0.384 e. The van der Waals surface area contributed by atoms with Crippen LogP contribution in [0.1, 0.15) is 12.6 Å². The van der Waals surface area contributed by atoms with Gasteiger partial charge in [-0.25, -0.2) is 9.78 Å². The molecule has 0 saturated heterocycles. The molecule has 5 nitrogen and oxygen atoms in total. The molecule has 116 valence electrons. The minimum atomic E-state index is -3.81.